The van der Waals surface area contributed by atoms with Crippen molar-refractivity contribution in [3.63, 3.8) is 0 Å². The van der Waals surface area contributed by atoms with Crippen LogP contribution in [0, 0.1) is 11.3 Å². The first-order valence-electron chi connectivity index (χ1n) is 12.5. The predicted octanol–water partition coefficient (Wildman–Crippen LogP) is 6.29. The van der Waals surface area contributed by atoms with E-state index < -0.39 is 11.9 Å². The first-order valence-corrected chi connectivity index (χ1v) is 12.8. The molecule has 40 heavy (non-hydrogen) atoms. The zero-order valence-corrected chi connectivity index (χ0v) is 22.4. The number of carbonyl (C=O) groups is 1. The van der Waals surface area contributed by atoms with Crippen LogP contribution in [0.2, 0.25) is 5.02 Å². The molecule has 0 fully saturated rings. The zero-order chi connectivity index (χ0) is 28.1. The fourth-order valence-electron chi connectivity index (χ4n) is 4.53. The number of rotatable bonds is 8. The normalized spacial score (nSPS) is 14.0. The summed E-state index contributed by atoms with van der Waals surface area (Å²) in [5, 5.41) is 10.6. The van der Waals surface area contributed by atoms with Gasteiger partial charge in [0.15, 0.2) is 11.5 Å². The summed E-state index contributed by atoms with van der Waals surface area (Å²) < 4.78 is 22.9. The molecule has 0 bridgehead atoms. The highest BCUT2D eigenvalue weighted by molar-refractivity contribution is 6.31. The molecule has 0 saturated carbocycles. The molecule has 1 heterocycles. The van der Waals surface area contributed by atoms with Crippen LogP contribution in [-0.2, 0) is 17.8 Å². The minimum Gasteiger partial charge on any atom is -0.493 e. The van der Waals surface area contributed by atoms with E-state index in [0.29, 0.717) is 33.6 Å². The molecule has 7 nitrogen and oxygen atoms in total. The monoisotopic (exact) mass is 552 g/mol. The molecule has 0 spiro atoms. The van der Waals surface area contributed by atoms with Gasteiger partial charge in [-0.3, -0.25) is 4.79 Å². The molecular weight excluding hydrogens is 528 g/mol. The van der Waals surface area contributed by atoms with Crippen LogP contribution >= 0.6 is 11.6 Å². The smallest absolute Gasteiger partial charge is 0.315 e. The molecule has 8 heteroatoms. The Balaban J connectivity index is 1.41. The van der Waals surface area contributed by atoms with E-state index in [2.05, 4.69) is 6.07 Å². The van der Waals surface area contributed by atoms with Crippen LogP contribution in [0.4, 0.5) is 0 Å². The molecule has 0 saturated heterocycles. The maximum Gasteiger partial charge on any atom is 0.315 e. The molecule has 5 rings (SSSR count). The summed E-state index contributed by atoms with van der Waals surface area (Å²) in [6.45, 7) is 0.261. The van der Waals surface area contributed by atoms with Crippen LogP contribution in [0.25, 0.3) is 0 Å². The third-order valence-corrected chi connectivity index (χ3v) is 6.84. The highest BCUT2D eigenvalue weighted by Gasteiger charge is 2.32. The largest absolute Gasteiger partial charge is 0.493 e. The lowest BCUT2D eigenvalue weighted by molar-refractivity contribution is -0.133. The molecule has 1 aliphatic heterocycles. The van der Waals surface area contributed by atoms with Gasteiger partial charge in [0.25, 0.3) is 0 Å². The Morgan fingerprint density at radius 2 is 1.77 bits per heavy atom. The number of halogens is 1. The molecule has 1 unspecified atom stereocenters. The van der Waals surface area contributed by atoms with E-state index in [-0.39, 0.29) is 24.5 Å². The lowest BCUT2D eigenvalue weighted by Gasteiger charge is -2.27. The Hall–Kier alpha value is -4.93. The number of nitriles is 1. The number of ether oxygens (including phenoxy) is 4. The summed E-state index contributed by atoms with van der Waals surface area (Å²) in [5.41, 5.74) is 9.57. The summed E-state index contributed by atoms with van der Waals surface area (Å²) in [7, 11) is 1.55. The summed E-state index contributed by atoms with van der Waals surface area (Å²) in [6.07, 6.45) is 0.132. The topological polar surface area (TPSA) is 104 Å². The molecule has 4 aromatic carbocycles. The second-order valence-electron chi connectivity index (χ2n) is 9.05. The number of allylic oxidation sites excluding steroid dienone is 1. The van der Waals surface area contributed by atoms with Crippen molar-refractivity contribution >= 4 is 17.6 Å². The maximum absolute atomic E-state index is 12.5. The standard InChI is InChI=1S/C32H25ClN2O5/c1-37-29-16-21(11-14-27(29)38-19-22-9-5-6-10-26(22)33)31-24-13-12-23(17-28(24)40-32(35)25(31)18-34)39-30(36)15-20-7-3-2-4-8-20/h2-14,16-17,31H,15,19,35H2,1H3. The van der Waals surface area contributed by atoms with Gasteiger partial charge in [-0.2, -0.15) is 5.26 Å². The van der Waals surface area contributed by atoms with Gasteiger partial charge in [-0.1, -0.05) is 72.3 Å². The molecule has 1 atom stereocenters. The third kappa shape index (κ3) is 5.73. The van der Waals surface area contributed by atoms with Crippen molar-refractivity contribution in [3.05, 3.63) is 130 Å². The van der Waals surface area contributed by atoms with Crippen molar-refractivity contribution < 1.29 is 23.7 Å². The van der Waals surface area contributed by atoms with Crippen molar-refractivity contribution in [3.8, 4) is 29.1 Å². The van der Waals surface area contributed by atoms with Gasteiger partial charge in [0.1, 0.15) is 29.7 Å². The zero-order valence-electron chi connectivity index (χ0n) is 21.6. The Kier molecular flexibility index (Phi) is 7.90. The Bertz CT molecular complexity index is 1630. The van der Waals surface area contributed by atoms with Crippen LogP contribution in [-0.4, -0.2) is 13.1 Å². The number of carbonyl (C=O) groups excluding carboxylic acids is 1. The lowest BCUT2D eigenvalue weighted by Crippen LogP contribution is -2.21. The Morgan fingerprint density at radius 3 is 2.52 bits per heavy atom. The maximum atomic E-state index is 12.5. The molecule has 2 N–H and O–H groups in total. The number of methoxy groups -OCH3 is 1. The van der Waals surface area contributed by atoms with E-state index in [0.717, 1.165) is 16.7 Å². The molecule has 0 amide bonds. The van der Waals surface area contributed by atoms with Gasteiger partial charge in [0.05, 0.1) is 19.4 Å². The second kappa shape index (κ2) is 11.9. The minimum atomic E-state index is -0.533. The van der Waals surface area contributed by atoms with Gasteiger partial charge in [0, 0.05) is 22.2 Å². The number of esters is 1. The van der Waals surface area contributed by atoms with Gasteiger partial charge in [0.2, 0.25) is 5.88 Å². The number of nitrogens with two attached hydrogens (primary N) is 1. The number of nitrogens with zero attached hydrogens (tertiary/aromatic N) is 1. The van der Waals surface area contributed by atoms with Gasteiger partial charge in [-0.15, -0.1) is 0 Å². The highest BCUT2D eigenvalue weighted by Crippen LogP contribution is 2.45. The number of hydrogen-bond acceptors (Lipinski definition) is 7. The van der Waals surface area contributed by atoms with E-state index >= 15 is 0 Å². The summed E-state index contributed by atoms with van der Waals surface area (Å²) in [6, 6.07) is 29.4. The van der Waals surface area contributed by atoms with Crippen LogP contribution in [0.5, 0.6) is 23.0 Å². The first kappa shape index (κ1) is 26.7. The number of fused-ring (bicyclic) bond motifs is 1. The number of hydrogen-bond donors (Lipinski definition) is 1. The van der Waals surface area contributed by atoms with Crippen LogP contribution in [0.1, 0.15) is 28.2 Å². The quantitative estimate of drug-likeness (QED) is 0.202. The molecule has 0 aliphatic carbocycles. The Labute approximate surface area is 236 Å². The molecule has 200 valence electrons. The van der Waals surface area contributed by atoms with Crippen LogP contribution in [0.15, 0.2) is 102 Å². The fourth-order valence-corrected chi connectivity index (χ4v) is 4.72. The summed E-state index contributed by atoms with van der Waals surface area (Å²) >= 11 is 6.26. The van der Waals surface area contributed by atoms with Crippen molar-refractivity contribution in [2.45, 2.75) is 18.9 Å². The first-order chi connectivity index (χ1) is 19.5. The van der Waals surface area contributed by atoms with E-state index in [1.54, 1.807) is 43.5 Å². The van der Waals surface area contributed by atoms with E-state index in [1.807, 2.05) is 54.6 Å². The van der Waals surface area contributed by atoms with Gasteiger partial charge in [-0.05, 0) is 35.4 Å². The van der Waals surface area contributed by atoms with Gasteiger partial charge in [-0.25, -0.2) is 0 Å². The summed E-state index contributed by atoms with van der Waals surface area (Å²) in [5.74, 6) is 0.753. The molecule has 0 radical (unpaired) electrons. The van der Waals surface area contributed by atoms with E-state index in [1.165, 1.54) is 0 Å². The van der Waals surface area contributed by atoms with Crippen LogP contribution in [0.3, 0.4) is 0 Å². The summed E-state index contributed by atoms with van der Waals surface area (Å²) in [4.78, 5) is 12.5. The van der Waals surface area contributed by atoms with Crippen molar-refractivity contribution in [2.75, 3.05) is 7.11 Å². The molecule has 1 aliphatic rings. The third-order valence-electron chi connectivity index (χ3n) is 6.48. The Morgan fingerprint density at radius 1 is 1.00 bits per heavy atom. The van der Waals surface area contributed by atoms with Crippen molar-refractivity contribution in [1.82, 2.24) is 0 Å². The number of benzene rings is 4. The SMILES string of the molecule is COc1cc(C2C(C#N)=C(N)Oc3cc(OC(=O)Cc4ccccc4)ccc32)ccc1OCc1ccccc1Cl. The minimum absolute atomic E-state index is 0.0224. The molecular formula is C32H25ClN2O5. The van der Waals surface area contributed by atoms with E-state index in [9.17, 15) is 10.1 Å². The fraction of sp³-hybridized carbons (Fsp3) is 0.125. The van der Waals surface area contributed by atoms with Gasteiger partial charge < -0.3 is 24.7 Å². The van der Waals surface area contributed by atoms with Gasteiger partial charge >= 0.3 is 5.97 Å². The predicted molar refractivity (Wildman–Crippen MR) is 150 cm³/mol. The average Bonchev–Trinajstić information content (AvgIpc) is 2.96. The van der Waals surface area contributed by atoms with Crippen molar-refractivity contribution in [2.24, 2.45) is 5.73 Å². The lowest BCUT2D eigenvalue weighted by atomic mass is 9.83. The van der Waals surface area contributed by atoms with Crippen LogP contribution < -0.4 is 24.7 Å². The molecule has 4 aromatic rings. The van der Waals surface area contributed by atoms with E-state index in [4.69, 9.17) is 36.3 Å². The van der Waals surface area contributed by atoms with Crippen molar-refractivity contribution in [1.29, 1.82) is 5.26 Å². The second-order valence-corrected chi connectivity index (χ2v) is 9.46. The average molecular weight is 553 g/mol. The molecule has 0 aromatic heterocycles. The highest BCUT2D eigenvalue weighted by atomic mass is 35.5.